The van der Waals surface area contributed by atoms with Crippen molar-refractivity contribution < 1.29 is 38.1 Å². The maximum absolute atomic E-state index is 13.2. The third-order valence-corrected chi connectivity index (χ3v) is 8.15. The van der Waals surface area contributed by atoms with Crippen molar-refractivity contribution in [2.75, 3.05) is 50.2 Å². The molecule has 1 saturated carbocycles. The number of amides is 2. The summed E-state index contributed by atoms with van der Waals surface area (Å²) in [6.07, 6.45) is 0.649. The fourth-order valence-corrected chi connectivity index (χ4v) is 5.72. The first kappa shape index (κ1) is 32.7. The molecule has 2 amide bonds. The summed E-state index contributed by atoms with van der Waals surface area (Å²) in [7, 11) is 0. The zero-order valence-electron chi connectivity index (χ0n) is 26.0. The number of hydrogen-bond donors (Lipinski definition) is 3. The molecule has 2 atom stereocenters. The van der Waals surface area contributed by atoms with Crippen LogP contribution in [0.25, 0.3) is 22.2 Å². The van der Waals surface area contributed by atoms with Gasteiger partial charge >= 0.3 is 0 Å². The quantitative estimate of drug-likeness (QED) is 0.103. The molecule has 2 aliphatic rings. The summed E-state index contributed by atoms with van der Waals surface area (Å²) in [6.45, 7) is 0.650. The SMILES string of the molecule is O=C1CCC(N2C(=O)c3cccc(NCCOCCNc4ccc(-c5ccc6cc(OCC(O)CF)ccc6n5)cn4)c3C2=O)C(=O)C1. The van der Waals surface area contributed by atoms with Gasteiger partial charge in [-0.1, -0.05) is 12.1 Å². The first-order valence-corrected chi connectivity index (χ1v) is 15.7. The van der Waals surface area contributed by atoms with Crippen molar-refractivity contribution in [3.63, 3.8) is 0 Å². The minimum absolute atomic E-state index is 0.122. The van der Waals surface area contributed by atoms with Crippen LogP contribution in [0.5, 0.6) is 5.75 Å². The normalized spacial score (nSPS) is 16.7. The van der Waals surface area contributed by atoms with Crippen LogP contribution in [0, 0.1) is 0 Å². The molecule has 248 valence electrons. The van der Waals surface area contributed by atoms with Crippen LogP contribution in [-0.4, -0.2) is 95.1 Å². The smallest absolute Gasteiger partial charge is 0.264 e. The van der Waals surface area contributed by atoms with Gasteiger partial charge < -0.3 is 25.2 Å². The number of Topliss-reactive ketones (excluding diaryl/α,β-unsaturated/α-hetero) is 2. The lowest BCUT2D eigenvalue weighted by Gasteiger charge is -2.27. The van der Waals surface area contributed by atoms with E-state index in [0.717, 1.165) is 27.1 Å². The molecular formula is C35H34FN5O7. The second-order valence-electron chi connectivity index (χ2n) is 11.5. The Bertz CT molecular complexity index is 1850. The molecule has 1 aliphatic carbocycles. The van der Waals surface area contributed by atoms with Crippen molar-refractivity contribution in [2.24, 2.45) is 0 Å². The van der Waals surface area contributed by atoms with Crippen molar-refractivity contribution in [1.82, 2.24) is 14.9 Å². The predicted molar refractivity (Wildman–Crippen MR) is 175 cm³/mol. The Morgan fingerprint density at radius 2 is 1.81 bits per heavy atom. The number of ketones is 2. The zero-order chi connectivity index (χ0) is 33.6. The molecular weight excluding hydrogens is 621 g/mol. The molecule has 3 N–H and O–H groups in total. The highest BCUT2D eigenvalue weighted by Crippen LogP contribution is 2.33. The van der Waals surface area contributed by atoms with Crippen molar-refractivity contribution in [3.05, 3.63) is 78.0 Å². The number of imide groups is 1. The van der Waals surface area contributed by atoms with Crippen LogP contribution in [-0.2, 0) is 14.3 Å². The van der Waals surface area contributed by atoms with Crippen LogP contribution in [0.3, 0.4) is 0 Å². The number of fused-ring (bicyclic) bond motifs is 2. The van der Waals surface area contributed by atoms with E-state index in [2.05, 4.69) is 15.6 Å². The Morgan fingerprint density at radius 1 is 0.979 bits per heavy atom. The van der Waals surface area contributed by atoms with Crippen molar-refractivity contribution in [1.29, 1.82) is 0 Å². The van der Waals surface area contributed by atoms with Crippen LogP contribution in [0.4, 0.5) is 15.9 Å². The number of anilines is 2. The van der Waals surface area contributed by atoms with Crippen molar-refractivity contribution in [2.45, 2.75) is 31.4 Å². The Balaban J connectivity index is 0.945. The number of hydrogen-bond acceptors (Lipinski definition) is 11. The van der Waals surface area contributed by atoms with E-state index in [9.17, 15) is 28.7 Å². The molecule has 2 aromatic heterocycles. The summed E-state index contributed by atoms with van der Waals surface area (Å²) in [6, 6.07) is 16.9. The van der Waals surface area contributed by atoms with E-state index in [-0.39, 0.29) is 42.8 Å². The third kappa shape index (κ3) is 7.16. The molecule has 48 heavy (non-hydrogen) atoms. The lowest BCUT2D eigenvalue weighted by molar-refractivity contribution is -0.132. The zero-order valence-corrected chi connectivity index (χ0v) is 26.0. The van der Waals surface area contributed by atoms with Crippen LogP contribution >= 0.6 is 0 Å². The van der Waals surface area contributed by atoms with Gasteiger partial charge in [0.2, 0.25) is 0 Å². The molecule has 4 aromatic rings. The lowest BCUT2D eigenvalue weighted by atomic mass is 9.92. The Labute approximate surface area is 275 Å². The van der Waals surface area contributed by atoms with Crippen LogP contribution in [0.15, 0.2) is 66.9 Å². The Kier molecular flexibility index (Phi) is 9.97. The van der Waals surface area contributed by atoms with Gasteiger partial charge in [-0.25, -0.2) is 14.4 Å². The van der Waals surface area contributed by atoms with Crippen LogP contribution in [0.2, 0.25) is 0 Å². The number of nitrogens with one attached hydrogen (secondary N) is 2. The van der Waals surface area contributed by atoms with Gasteiger partial charge in [-0.15, -0.1) is 0 Å². The van der Waals surface area contributed by atoms with E-state index in [1.807, 2.05) is 30.3 Å². The number of carbonyl (C=O) groups is 4. The molecule has 0 saturated heterocycles. The first-order chi connectivity index (χ1) is 23.3. The number of carbonyl (C=O) groups excluding carboxylic acids is 4. The van der Waals surface area contributed by atoms with Gasteiger partial charge in [0.15, 0.2) is 5.78 Å². The number of alkyl halides is 1. The fourth-order valence-electron chi connectivity index (χ4n) is 5.72. The van der Waals surface area contributed by atoms with Gasteiger partial charge in [-0.3, -0.25) is 24.1 Å². The highest BCUT2D eigenvalue weighted by molar-refractivity contribution is 6.25. The van der Waals surface area contributed by atoms with Gasteiger partial charge in [0, 0.05) is 42.3 Å². The number of benzene rings is 2. The van der Waals surface area contributed by atoms with Gasteiger partial charge in [-0.05, 0) is 55.0 Å². The largest absolute Gasteiger partial charge is 0.491 e. The number of halogens is 1. The van der Waals surface area contributed by atoms with Gasteiger partial charge in [-0.2, -0.15) is 0 Å². The fraction of sp³-hybridized carbons (Fsp3) is 0.314. The molecule has 0 radical (unpaired) electrons. The van der Waals surface area contributed by atoms with E-state index in [4.69, 9.17) is 14.5 Å². The highest BCUT2D eigenvalue weighted by atomic mass is 19.1. The maximum atomic E-state index is 13.2. The van der Waals surface area contributed by atoms with E-state index in [1.165, 1.54) is 0 Å². The Morgan fingerprint density at radius 3 is 2.58 bits per heavy atom. The molecule has 1 fully saturated rings. The van der Waals surface area contributed by atoms with Gasteiger partial charge in [0.05, 0.1) is 48.0 Å². The molecule has 2 unspecified atom stereocenters. The molecule has 3 heterocycles. The summed E-state index contributed by atoms with van der Waals surface area (Å²) in [5.74, 6) is -0.416. The average Bonchev–Trinajstić information content (AvgIpc) is 3.36. The third-order valence-electron chi connectivity index (χ3n) is 8.15. The maximum Gasteiger partial charge on any atom is 0.264 e. The van der Waals surface area contributed by atoms with Crippen LogP contribution in [0.1, 0.15) is 40.0 Å². The van der Waals surface area contributed by atoms with E-state index >= 15 is 0 Å². The molecule has 1 aliphatic heterocycles. The van der Waals surface area contributed by atoms with Gasteiger partial charge in [0.1, 0.15) is 36.7 Å². The summed E-state index contributed by atoms with van der Waals surface area (Å²) in [5.41, 5.74) is 3.31. The second kappa shape index (κ2) is 14.7. The number of nitrogens with zero attached hydrogens (tertiary/aromatic N) is 3. The molecule has 2 aromatic carbocycles. The number of aliphatic hydroxyl groups is 1. The predicted octanol–water partition coefficient (Wildman–Crippen LogP) is 3.83. The van der Waals surface area contributed by atoms with E-state index in [0.29, 0.717) is 43.6 Å². The molecule has 12 nitrogen and oxygen atoms in total. The van der Waals surface area contributed by atoms with Gasteiger partial charge in [0.25, 0.3) is 11.8 Å². The molecule has 13 heteroatoms. The topological polar surface area (TPSA) is 160 Å². The number of ether oxygens (including phenoxy) is 2. The molecule has 6 rings (SSSR count). The molecule has 0 bridgehead atoms. The average molecular weight is 656 g/mol. The summed E-state index contributed by atoms with van der Waals surface area (Å²) in [4.78, 5) is 60.5. The van der Waals surface area contributed by atoms with Crippen molar-refractivity contribution >= 4 is 45.8 Å². The van der Waals surface area contributed by atoms with Crippen molar-refractivity contribution in [3.8, 4) is 17.0 Å². The minimum atomic E-state index is -1.16. The monoisotopic (exact) mass is 655 g/mol. The van der Waals surface area contributed by atoms with E-state index in [1.54, 1.807) is 36.5 Å². The summed E-state index contributed by atoms with van der Waals surface area (Å²) >= 11 is 0. The number of rotatable bonds is 14. The highest BCUT2D eigenvalue weighted by Gasteiger charge is 2.45. The summed E-state index contributed by atoms with van der Waals surface area (Å²) in [5, 5.41) is 16.6. The lowest BCUT2D eigenvalue weighted by Crippen LogP contribution is -2.47. The second-order valence-corrected chi connectivity index (χ2v) is 11.5. The standard InChI is InChI=1S/C35H34FN5O7/c36-18-24(43)20-48-25-7-9-27-21(16-25)4-8-28(40-27)22-5-11-32(39-19-22)38-13-15-47-14-12-37-29-3-1-2-26-33(29)35(46)41(34(26)45)30-10-6-23(42)17-31(30)44/h1-5,7-9,11,16,19,24,30,37,43H,6,10,12-15,17-18,20H2,(H,38,39). The number of aliphatic hydroxyl groups excluding tert-OH is 1. The van der Waals surface area contributed by atoms with Crippen LogP contribution < -0.4 is 15.4 Å². The van der Waals surface area contributed by atoms with E-state index < -0.39 is 36.4 Å². The summed E-state index contributed by atoms with van der Waals surface area (Å²) < 4.78 is 23.6. The minimum Gasteiger partial charge on any atom is -0.491 e. The molecule has 0 spiro atoms. The Hall–Kier alpha value is -5.27. The number of pyridine rings is 2. The first-order valence-electron chi connectivity index (χ1n) is 15.7. The number of aromatic nitrogens is 2.